The maximum Gasteiger partial charge on any atom is 0.104 e. The first-order valence-corrected chi connectivity index (χ1v) is 7.02. The lowest BCUT2D eigenvalue weighted by atomic mass is 9.62. The Hall–Kier alpha value is -1.39. The molecule has 0 radical (unpaired) electrons. The van der Waals surface area contributed by atoms with Crippen LogP contribution in [-0.2, 0) is 0 Å². The minimum atomic E-state index is 0.234. The van der Waals surface area contributed by atoms with Crippen molar-refractivity contribution in [1.29, 1.82) is 0 Å². The maximum absolute atomic E-state index is 6.04. The lowest BCUT2D eigenvalue weighted by molar-refractivity contribution is 0.0880. The first-order valence-electron chi connectivity index (χ1n) is 7.02. The van der Waals surface area contributed by atoms with Crippen molar-refractivity contribution < 1.29 is 0 Å². The molecule has 4 heteroatoms. The second-order valence-electron chi connectivity index (χ2n) is 5.74. The second kappa shape index (κ2) is 4.62. The van der Waals surface area contributed by atoms with Gasteiger partial charge in [0.05, 0.1) is 11.0 Å². The molecule has 2 aromatic rings. The summed E-state index contributed by atoms with van der Waals surface area (Å²) in [5.41, 5.74) is 9.73. The van der Waals surface area contributed by atoms with E-state index in [0.717, 1.165) is 23.4 Å². The number of hydrogen-bond acceptors (Lipinski definition) is 3. The molecule has 0 amide bonds. The van der Waals surface area contributed by atoms with Gasteiger partial charge in [-0.25, -0.2) is 4.98 Å². The van der Waals surface area contributed by atoms with Gasteiger partial charge in [0.25, 0.3) is 0 Å². The zero-order chi connectivity index (χ0) is 13.5. The molecule has 1 unspecified atom stereocenters. The van der Waals surface area contributed by atoms with Gasteiger partial charge in [0.2, 0.25) is 0 Å². The highest BCUT2D eigenvalue weighted by molar-refractivity contribution is 5.76. The summed E-state index contributed by atoms with van der Waals surface area (Å²) in [5, 5.41) is 3.47. The Labute approximate surface area is 113 Å². The van der Waals surface area contributed by atoms with Crippen molar-refractivity contribution >= 4 is 11.0 Å². The number of fused-ring (bicyclic) bond motifs is 1. The largest absolute Gasteiger partial charge is 0.342 e. The van der Waals surface area contributed by atoms with Crippen molar-refractivity contribution in [2.45, 2.75) is 32.2 Å². The number of aromatic amines is 1. The van der Waals surface area contributed by atoms with Gasteiger partial charge < -0.3 is 16.0 Å². The Kier molecular flexibility index (Phi) is 3.07. The Bertz CT molecular complexity index is 577. The molecule has 1 aromatic heterocycles. The molecule has 1 aromatic carbocycles. The number of imidazole rings is 1. The Balaban J connectivity index is 2.01. The SMILES string of the molecule is CNC(c1ccc2nc(C)[nH]c2c1)C1(CN)CCC1. The van der Waals surface area contributed by atoms with Gasteiger partial charge in [-0.1, -0.05) is 12.5 Å². The van der Waals surface area contributed by atoms with Crippen LogP contribution >= 0.6 is 0 Å². The fourth-order valence-electron chi connectivity index (χ4n) is 3.40. The van der Waals surface area contributed by atoms with Crippen molar-refractivity contribution in [1.82, 2.24) is 15.3 Å². The van der Waals surface area contributed by atoms with Crippen LogP contribution < -0.4 is 11.1 Å². The summed E-state index contributed by atoms with van der Waals surface area (Å²) in [6.07, 6.45) is 3.73. The average molecular weight is 258 g/mol. The van der Waals surface area contributed by atoms with Gasteiger partial charge in [0.15, 0.2) is 0 Å². The van der Waals surface area contributed by atoms with E-state index >= 15 is 0 Å². The van der Waals surface area contributed by atoms with Gasteiger partial charge in [-0.3, -0.25) is 0 Å². The third-order valence-electron chi connectivity index (χ3n) is 4.61. The molecular weight excluding hydrogens is 236 g/mol. The number of aromatic nitrogens is 2. The molecule has 1 heterocycles. The van der Waals surface area contributed by atoms with Gasteiger partial charge in [-0.15, -0.1) is 0 Å². The van der Waals surface area contributed by atoms with E-state index in [0.29, 0.717) is 6.04 Å². The van der Waals surface area contributed by atoms with E-state index in [-0.39, 0.29) is 5.41 Å². The van der Waals surface area contributed by atoms with Crippen molar-refractivity contribution in [3.63, 3.8) is 0 Å². The lowest BCUT2D eigenvalue weighted by Crippen LogP contribution is -2.47. The summed E-state index contributed by atoms with van der Waals surface area (Å²) in [6.45, 7) is 2.74. The topological polar surface area (TPSA) is 66.7 Å². The number of H-pyrrole nitrogens is 1. The van der Waals surface area contributed by atoms with Crippen LogP contribution in [0.15, 0.2) is 18.2 Å². The van der Waals surface area contributed by atoms with Crippen molar-refractivity contribution in [3.8, 4) is 0 Å². The van der Waals surface area contributed by atoms with Crippen LogP contribution in [0.5, 0.6) is 0 Å². The molecule has 0 saturated heterocycles. The molecule has 0 bridgehead atoms. The molecule has 102 valence electrons. The third kappa shape index (κ3) is 1.95. The van der Waals surface area contributed by atoms with Crippen LogP contribution in [0.1, 0.15) is 36.7 Å². The van der Waals surface area contributed by atoms with Gasteiger partial charge in [0, 0.05) is 11.5 Å². The Morgan fingerprint density at radius 3 is 2.84 bits per heavy atom. The number of aryl methyl sites for hydroxylation is 1. The van der Waals surface area contributed by atoms with Crippen molar-refractivity contribution in [2.24, 2.45) is 11.1 Å². The highest BCUT2D eigenvalue weighted by Crippen LogP contribution is 2.49. The van der Waals surface area contributed by atoms with E-state index in [2.05, 4.69) is 33.5 Å². The number of benzene rings is 1. The Morgan fingerprint density at radius 1 is 1.47 bits per heavy atom. The van der Waals surface area contributed by atoms with E-state index in [9.17, 15) is 0 Å². The number of nitrogens with one attached hydrogen (secondary N) is 2. The summed E-state index contributed by atoms with van der Waals surface area (Å²) in [4.78, 5) is 7.77. The van der Waals surface area contributed by atoms with Crippen LogP contribution in [0.3, 0.4) is 0 Å². The third-order valence-corrected chi connectivity index (χ3v) is 4.61. The molecule has 4 nitrogen and oxygen atoms in total. The quantitative estimate of drug-likeness (QED) is 0.788. The minimum absolute atomic E-state index is 0.234. The molecule has 1 aliphatic rings. The van der Waals surface area contributed by atoms with Crippen molar-refractivity contribution in [2.75, 3.05) is 13.6 Å². The molecule has 19 heavy (non-hydrogen) atoms. The average Bonchev–Trinajstić information content (AvgIpc) is 2.72. The lowest BCUT2D eigenvalue weighted by Gasteiger charge is -2.47. The van der Waals surface area contributed by atoms with Gasteiger partial charge in [0.1, 0.15) is 5.82 Å². The summed E-state index contributed by atoms with van der Waals surface area (Å²) >= 11 is 0. The predicted octanol–water partition coefficient (Wildman–Crippen LogP) is 2.26. The first kappa shape index (κ1) is 12.6. The molecule has 1 fully saturated rings. The van der Waals surface area contributed by atoms with Crippen LogP contribution in [0.2, 0.25) is 0 Å². The van der Waals surface area contributed by atoms with E-state index in [4.69, 9.17) is 5.73 Å². The van der Waals surface area contributed by atoms with E-state index in [1.54, 1.807) is 0 Å². The monoisotopic (exact) mass is 258 g/mol. The molecule has 4 N–H and O–H groups in total. The summed E-state index contributed by atoms with van der Waals surface area (Å²) in [7, 11) is 2.03. The summed E-state index contributed by atoms with van der Waals surface area (Å²) < 4.78 is 0. The fraction of sp³-hybridized carbons (Fsp3) is 0.533. The number of nitrogens with zero attached hydrogens (tertiary/aromatic N) is 1. The number of hydrogen-bond donors (Lipinski definition) is 3. The minimum Gasteiger partial charge on any atom is -0.342 e. The fourth-order valence-corrected chi connectivity index (χ4v) is 3.40. The van der Waals surface area contributed by atoms with Gasteiger partial charge in [-0.05, 0) is 51.1 Å². The van der Waals surface area contributed by atoms with Crippen LogP contribution in [-0.4, -0.2) is 23.6 Å². The maximum atomic E-state index is 6.04. The number of rotatable bonds is 4. The van der Waals surface area contributed by atoms with E-state index in [1.807, 2.05) is 14.0 Å². The normalized spacial score (nSPS) is 19.3. The molecule has 1 atom stereocenters. The molecule has 0 aliphatic heterocycles. The molecule has 3 rings (SSSR count). The van der Waals surface area contributed by atoms with E-state index in [1.165, 1.54) is 24.8 Å². The molecular formula is C15H22N4. The second-order valence-corrected chi connectivity index (χ2v) is 5.74. The Morgan fingerprint density at radius 2 is 2.26 bits per heavy atom. The van der Waals surface area contributed by atoms with Gasteiger partial charge in [-0.2, -0.15) is 0 Å². The molecule has 0 spiro atoms. The zero-order valence-electron chi connectivity index (χ0n) is 11.7. The zero-order valence-corrected chi connectivity index (χ0v) is 11.7. The number of nitrogens with two attached hydrogens (primary N) is 1. The summed E-state index contributed by atoms with van der Waals surface area (Å²) in [5.74, 6) is 0.963. The molecule has 1 aliphatic carbocycles. The summed E-state index contributed by atoms with van der Waals surface area (Å²) in [6, 6.07) is 6.83. The molecule has 1 saturated carbocycles. The standard InChI is InChI=1S/C15H22N4/c1-10-18-12-5-4-11(8-13(12)19-10)14(17-2)15(9-16)6-3-7-15/h4-5,8,14,17H,3,6-7,9,16H2,1-2H3,(H,18,19). The predicted molar refractivity (Wildman–Crippen MR) is 78.0 cm³/mol. The van der Waals surface area contributed by atoms with Crippen LogP contribution in [0, 0.1) is 12.3 Å². The van der Waals surface area contributed by atoms with Gasteiger partial charge >= 0.3 is 0 Å². The smallest absolute Gasteiger partial charge is 0.104 e. The van der Waals surface area contributed by atoms with Crippen LogP contribution in [0.25, 0.3) is 11.0 Å². The van der Waals surface area contributed by atoms with Crippen molar-refractivity contribution in [3.05, 3.63) is 29.6 Å². The van der Waals surface area contributed by atoms with E-state index < -0.39 is 0 Å². The highest BCUT2D eigenvalue weighted by atomic mass is 14.9. The van der Waals surface area contributed by atoms with Crippen LogP contribution in [0.4, 0.5) is 0 Å². The highest BCUT2D eigenvalue weighted by Gasteiger charge is 2.42. The first-order chi connectivity index (χ1) is 9.18.